The van der Waals surface area contributed by atoms with Gasteiger partial charge in [-0.3, -0.25) is 4.79 Å². The second-order valence-electron chi connectivity index (χ2n) is 4.02. The van der Waals surface area contributed by atoms with Crippen LogP contribution in [0.5, 0.6) is 0 Å². The lowest BCUT2D eigenvalue weighted by atomic mass is 10.1. The van der Waals surface area contributed by atoms with Gasteiger partial charge in [0.25, 0.3) is 0 Å². The largest absolute Gasteiger partial charge is 0.480 e. The van der Waals surface area contributed by atoms with Crippen molar-refractivity contribution in [1.29, 1.82) is 0 Å². The fourth-order valence-electron chi connectivity index (χ4n) is 1.74. The Hall–Kier alpha value is -1.01. The standard InChI is InChI=1S/C12H12BrNO3S/c13-8-4-2-1-3-7(8)5-10-11(15)14-9(6-18-10)12(16)17/h1-4,9-10H,5-6H2,(H,14,15)(H,16,17). The summed E-state index contributed by atoms with van der Waals surface area (Å²) in [5.41, 5.74) is 1.05. The van der Waals surface area contributed by atoms with Crippen LogP contribution in [-0.4, -0.2) is 34.0 Å². The highest BCUT2D eigenvalue weighted by Crippen LogP contribution is 2.25. The number of halogens is 1. The lowest BCUT2D eigenvalue weighted by Gasteiger charge is -2.26. The van der Waals surface area contributed by atoms with E-state index in [1.165, 1.54) is 11.8 Å². The molecule has 18 heavy (non-hydrogen) atoms. The van der Waals surface area contributed by atoms with Crippen molar-refractivity contribution in [3.63, 3.8) is 0 Å². The van der Waals surface area contributed by atoms with Gasteiger partial charge in [0.2, 0.25) is 5.91 Å². The molecule has 0 saturated carbocycles. The zero-order valence-corrected chi connectivity index (χ0v) is 11.8. The summed E-state index contributed by atoms with van der Waals surface area (Å²) in [6.45, 7) is 0. The molecule has 0 radical (unpaired) electrons. The van der Waals surface area contributed by atoms with Crippen molar-refractivity contribution in [2.24, 2.45) is 0 Å². The molecule has 2 unspecified atom stereocenters. The fraction of sp³-hybridized carbons (Fsp3) is 0.333. The fourth-order valence-corrected chi connectivity index (χ4v) is 3.36. The van der Waals surface area contributed by atoms with E-state index in [2.05, 4.69) is 21.2 Å². The summed E-state index contributed by atoms with van der Waals surface area (Å²) in [7, 11) is 0. The average Bonchev–Trinajstić information content (AvgIpc) is 2.34. The third-order valence-electron chi connectivity index (χ3n) is 2.73. The second kappa shape index (κ2) is 5.75. The Kier molecular flexibility index (Phi) is 4.29. The third kappa shape index (κ3) is 3.05. The Labute approximate surface area is 117 Å². The van der Waals surface area contributed by atoms with Gasteiger partial charge in [-0.05, 0) is 18.1 Å². The molecule has 1 aliphatic heterocycles. The van der Waals surface area contributed by atoms with E-state index in [0.29, 0.717) is 12.2 Å². The first-order valence-corrected chi connectivity index (χ1v) is 7.30. The van der Waals surface area contributed by atoms with E-state index in [1.807, 2.05) is 24.3 Å². The molecule has 0 aromatic heterocycles. The number of hydrogen-bond acceptors (Lipinski definition) is 3. The molecule has 0 bridgehead atoms. The molecule has 1 aromatic carbocycles. The van der Waals surface area contributed by atoms with E-state index in [1.54, 1.807) is 0 Å². The molecule has 1 aromatic rings. The lowest BCUT2D eigenvalue weighted by Crippen LogP contribution is -2.51. The van der Waals surface area contributed by atoms with E-state index < -0.39 is 12.0 Å². The Balaban J connectivity index is 2.02. The predicted octanol–water partition coefficient (Wildman–Crippen LogP) is 1.68. The predicted molar refractivity (Wildman–Crippen MR) is 73.7 cm³/mol. The van der Waals surface area contributed by atoms with E-state index in [0.717, 1.165) is 10.0 Å². The van der Waals surface area contributed by atoms with Gasteiger partial charge >= 0.3 is 5.97 Å². The molecule has 96 valence electrons. The zero-order valence-electron chi connectivity index (χ0n) is 9.43. The van der Waals surface area contributed by atoms with Crippen LogP contribution in [0.1, 0.15) is 5.56 Å². The minimum absolute atomic E-state index is 0.200. The summed E-state index contributed by atoms with van der Waals surface area (Å²) in [6.07, 6.45) is 0.601. The van der Waals surface area contributed by atoms with E-state index in [4.69, 9.17) is 5.11 Å². The van der Waals surface area contributed by atoms with Crippen LogP contribution in [0, 0.1) is 0 Å². The maximum Gasteiger partial charge on any atom is 0.327 e. The number of carboxylic acid groups (broad SMARTS) is 1. The molecule has 6 heteroatoms. The van der Waals surface area contributed by atoms with Crippen LogP contribution in [0.25, 0.3) is 0 Å². The van der Waals surface area contributed by atoms with Crippen LogP contribution in [0.4, 0.5) is 0 Å². The SMILES string of the molecule is O=C(O)C1CSC(Cc2ccccc2Br)C(=O)N1. The normalized spacial score (nSPS) is 23.5. The highest BCUT2D eigenvalue weighted by atomic mass is 79.9. The van der Waals surface area contributed by atoms with Crippen LogP contribution < -0.4 is 5.32 Å². The Morgan fingerprint density at radius 2 is 2.22 bits per heavy atom. The zero-order chi connectivity index (χ0) is 13.1. The van der Waals surface area contributed by atoms with Crippen LogP contribution in [-0.2, 0) is 16.0 Å². The molecule has 0 spiro atoms. The Morgan fingerprint density at radius 1 is 1.50 bits per heavy atom. The van der Waals surface area contributed by atoms with Crippen molar-refractivity contribution in [3.05, 3.63) is 34.3 Å². The molecule has 1 heterocycles. The lowest BCUT2D eigenvalue weighted by molar-refractivity contribution is -0.141. The maximum absolute atomic E-state index is 11.8. The summed E-state index contributed by atoms with van der Waals surface area (Å²) in [5.74, 6) is -0.763. The molecule has 1 amide bonds. The first-order valence-electron chi connectivity index (χ1n) is 5.46. The number of rotatable bonds is 3. The number of thioether (sulfide) groups is 1. The van der Waals surface area contributed by atoms with Gasteiger partial charge in [-0.15, -0.1) is 11.8 Å². The third-order valence-corrected chi connectivity index (χ3v) is 4.82. The van der Waals surface area contributed by atoms with Crippen molar-refractivity contribution >= 4 is 39.6 Å². The van der Waals surface area contributed by atoms with Crippen molar-refractivity contribution in [3.8, 4) is 0 Å². The first kappa shape index (κ1) is 13.4. The van der Waals surface area contributed by atoms with Crippen LogP contribution in [0.15, 0.2) is 28.7 Å². The number of carboxylic acids is 1. The molecule has 2 rings (SSSR count). The molecule has 1 saturated heterocycles. The number of carbonyl (C=O) groups excluding carboxylic acids is 1. The summed E-state index contributed by atoms with van der Waals surface area (Å²) in [6, 6.07) is 6.97. The van der Waals surface area contributed by atoms with E-state index in [-0.39, 0.29) is 11.2 Å². The Bertz CT molecular complexity index is 480. The average molecular weight is 330 g/mol. The molecule has 2 atom stereocenters. The topological polar surface area (TPSA) is 66.4 Å². The minimum atomic E-state index is -0.977. The summed E-state index contributed by atoms with van der Waals surface area (Å²) in [5, 5.41) is 11.1. The number of amides is 1. The van der Waals surface area contributed by atoms with Gasteiger partial charge in [-0.1, -0.05) is 34.1 Å². The van der Waals surface area contributed by atoms with Gasteiger partial charge in [0.05, 0.1) is 5.25 Å². The van der Waals surface area contributed by atoms with Crippen LogP contribution >= 0.6 is 27.7 Å². The number of carbonyl (C=O) groups is 2. The number of benzene rings is 1. The van der Waals surface area contributed by atoms with E-state index in [9.17, 15) is 9.59 Å². The van der Waals surface area contributed by atoms with Crippen molar-refractivity contribution in [2.45, 2.75) is 17.7 Å². The van der Waals surface area contributed by atoms with Gasteiger partial charge < -0.3 is 10.4 Å². The number of nitrogens with one attached hydrogen (secondary N) is 1. The highest BCUT2D eigenvalue weighted by molar-refractivity contribution is 9.10. The van der Waals surface area contributed by atoms with Crippen molar-refractivity contribution in [1.82, 2.24) is 5.32 Å². The van der Waals surface area contributed by atoms with E-state index >= 15 is 0 Å². The first-order chi connectivity index (χ1) is 8.58. The molecule has 2 N–H and O–H groups in total. The van der Waals surface area contributed by atoms with Gasteiger partial charge in [0.15, 0.2) is 0 Å². The minimum Gasteiger partial charge on any atom is -0.480 e. The number of hydrogen-bond donors (Lipinski definition) is 2. The maximum atomic E-state index is 11.8. The van der Waals surface area contributed by atoms with Gasteiger partial charge in [0.1, 0.15) is 6.04 Å². The number of aliphatic carboxylic acids is 1. The molecule has 1 aliphatic rings. The van der Waals surface area contributed by atoms with Crippen molar-refractivity contribution < 1.29 is 14.7 Å². The Morgan fingerprint density at radius 3 is 2.83 bits per heavy atom. The quantitative estimate of drug-likeness (QED) is 0.885. The molecule has 4 nitrogen and oxygen atoms in total. The van der Waals surface area contributed by atoms with Crippen molar-refractivity contribution in [2.75, 3.05) is 5.75 Å². The highest BCUT2D eigenvalue weighted by Gasteiger charge is 2.32. The second-order valence-corrected chi connectivity index (χ2v) is 6.11. The molecule has 1 fully saturated rings. The van der Waals surface area contributed by atoms with Crippen LogP contribution in [0.2, 0.25) is 0 Å². The summed E-state index contributed by atoms with van der Waals surface area (Å²) >= 11 is 4.84. The molecule has 0 aliphatic carbocycles. The summed E-state index contributed by atoms with van der Waals surface area (Å²) in [4.78, 5) is 22.6. The monoisotopic (exact) mass is 329 g/mol. The van der Waals surface area contributed by atoms with Crippen LogP contribution in [0.3, 0.4) is 0 Å². The molecular formula is C12H12BrNO3S. The molecular weight excluding hydrogens is 318 g/mol. The van der Waals surface area contributed by atoms with Gasteiger partial charge in [-0.2, -0.15) is 0 Å². The van der Waals surface area contributed by atoms with Gasteiger partial charge in [-0.25, -0.2) is 4.79 Å². The van der Waals surface area contributed by atoms with Gasteiger partial charge in [0, 0.05) is 10.2 Å². The smallest absolute Gasteiger partial charge is 0.327 e. The summed E-state index contributed by atoms with van der Waals surface area (Å²) < 4.78 is 0.971.